The van der Waals surface area contributed by atoms with Gasteiger partial charge >= 0.3 is 0 Å². The van der Waals surface area contributed by atoms with Crippen molar-refractivity contribution in [3.63, 3.8) is 0 Å². The molecule has 0 saturated carbocycles. The Hall–Kier alpha value is -3.63. The maximum Gasteiger partial charge on any atom is 0.262 e. The molecule has 0 aliphatic carbocycles. The Morgan fingerprint density at radius 1 is 1.11 bits per heavy atom. The molecule has 0 saturated heterocycles. The van der Waals surface area contributed by atoms with E-state index in [0.717, 1.165) is 16.7 Å². The highest BCUT2D eigenvalue weighted by atomic mass is 79.9. The van der Waals surface area contributed by atoms with Gasteiger partial charge < -0.3 is 20.2 Å². The quantitative estimate of drug-likeness (QED) is 0.208. The molecule has 0 aliphatic heterocycles. The van der Waals surface area contributed by atoms with Crippen molar-refractivity contribution in [2.75, 3.05) is 24.0 Å². The molecule has 1 amide bonds. The molecule has 0 aliphatic rings. The van der Waals surface area contributed by atoms with Gasteiger partial charge in [0, 0.05) is 11.3 Å². The Balaban J connectivity index is 1.46. The Morgan fingerprint density at radius 2 is 1.86 bits per heavy atom. The molecular weight excluding hydrogens is 542 g/mol. The second-order valence-electron chi connectivity index (χ2n) is 7.93. The van der Waals surface area contributed by atoms with Gasteiger partial charge in [0.1, 0.15) is 0 Å². The van der Waals surface area contributed by atoms with E-state index in [0.29, 0.717) is 45.4 Å². The van der Waals surface area contributed by atoms with Crippen LogP contribution >= 0.6 is 28.1 Å². The second-order valence-corrected chi connectivity index (χ2v) is 9.17. The minimum atomic E-state index is -0.262. The number of carbonyl (C=O) groups is 1. The highest BCUT2D eigenvalue weighted by Gasteiger charge is 2.15. The van der Waals surface area contributed by atoms with Crippen molar-refractivity contribution in [1.29, 1.82) is 0 Å². The molecule has 0 fully saturated rings. The zero-order chi connectivity index (χ0) is 25.5. The lowest BCUT2D eigenvalue weighted by Crippen LogP contribution is -2.20. The number of aromatic amines is 1. The second kappa shape index (κ2) is 11.9. The number of halogens is 1. The first kappa shape index (κ1) is 25.5. The summed E-state index contributed by atoms with van der Waals surface area (Å²) in [5.74, 6) is 1.42. The standard InChI is InChI=1S/C26H26BrN5O3S/c1-3-34-22-14-18(15-28-32-25(30-31-26(32)36)19-7-5-4-6-8-19)13-21(27)24(22)35-16-23(33)29-20-11-9-17(2)10-12-20/h4-14,28H,3,15-16H2,1-2H3,(H,29,33)(H,31,36). The molecule has 0 unspecified atom stereocenters. The van der Waals surface area contributed by atoms with Crippen LogP contribution in [0.4, 0.5) is 5.69 Å². The molecule has 3 aromatic carbocycles. The molecule has 8 nitrogen and oxygen atoms in total. The van der Waals surface area contributed by atoms with Crippen LogP contribution in [-0.2, 0) is 11.3 Å². The normalized spacial score (nSPS) is 10.6. The van der Waals surface area contributed by atoms with Gasteiger partial charge in [-0.05, 0) is 71.8 Å². The zero-order valence-corrected chi connectivity index (χ0v) is 22.3. The number of aromatic nitrogens is 3. The summed E-state index contributed by atoms with van der Waals surface area (Å²) >= 11 is 8.97. The lowest BCUT2D eigenvalue weighted by Gasteiger charge is -2.16. The predicted octanol–water partition coefficient (Wildman–Crippen LogP) is 5.84. The first-order chi connectivity index (χ1) is 17.4. The van der Waals surface area contributed by atoms with E-state index >= 15 is 0 Å². The molecule has 0 atom stereocenters. The van der Waals surface area contributed by atoms with Crippen LogP contribution < -0.4 is 20.2 Å². The van der Waals surface area contributed by atoms with E-state index in [1.165, 1.54) is 0 Å². The van der Waals surface area contributed by atoms with Crippen LogP contribution in [0.1, 0.15) is 18.1 Å². The molecule has 186 valence electrons. The third kappa shape index (κ3) is 6.32. The van der Waals surface area contributed by atoms with Crippen LogP contribution in [0.3, 0.4) is 0 Å². The molecule has 3 N–H and O–H groups in total. The van der Waals surface area contributed by atoms with E-state index < -0.39 is 0 Å². The van der Waals surface area contributed by atoms with E-state index in [9.17, 15) is 4.79 Å². The number of H-pyrrole nitrogens is 1. The summed E-state index contributed by atoms with van der Waals surface area (Å²) < 4.78 is 14.5. The number of nitrogens with zero attached hydrogens (tertiary/aromatic N) is 2. The highest BCUT2D eigenvalue weighted by molar-refractivity contribution is 9.10. The van der Waals surface area contributed by atoms with Gasteiger partial charge in [-0.25, -0.2) is 9.77 Å². The van der Waals surface area contributed by atoms with E-state index in [2.05, 4.69) is 36.9 Å². The van der Waals surface area contributed by atoms with Gasteiger partial charge in [-0.3, -0.25) is 4.79 Å². The Labute approximate surface area is 222 Å². The van der Waals surface area contributed by atoms with E-state index in [4.69, 9.17) is 21.7 Å². The molecular formula is C26H26BrN5O3S. The average Bonchev–Trinajstić information content (AvgIpc) is 3.24. The van der Waals surface area contributed by atoms with Crippen LogP contribution in [0.15, 0.2) is 71.2 Å². The van der Waals surface area contributed by atoms with Gasteiger partial charge in [-0.2, -0.15) is 5.10 Å². The molecule has 0 bridgehead atoms. The lowest BCUT2D eigenvalue weighted by atomic mass is 10.2. The minimum Gasteiger partial charge on any atom is -0.490 e. The van der Waals surface area contributed by atoms with Crippen molar-refractivity contribution < 1.29 is 14.3 Å². The minimum absolute atomic E-state index is 0.158. The fraction of sp³-hybridized carbons (Fsp3) is 0.192. The molecule has 1 heterocycles. The number of amides is 1. The third-order valence-electron chi connectivity index (χ3n) is 5.20. The van der Waals surface area contributed by atoms with Crippen molar-refractivity contribution in [2.24, 2.45) is 0 Å². The van der Waals surface area contributed by atoms with Gasteiger partial charge in [-0.15, -0.1) is 0 Å². The van der Waals surface area contributed by atoms with Crippen LogP contribution in [0.25, 0.3) is 11.4 Å². The summed E-state index contributed by atoms with van der Waals surface area (Å²) in [5.41, 5.74) is 7.00. The number of nitrogens with one attached hydrogen (secondary N) is 3. The third-order valence-corrected chi connectivity index (χ3v) is 6.06. The van der Waals surface area contributed by atoms with E-state index in [1.54, 1.807) is 4.68 Å². The maximum absolute atomic E-state index is 12.4. The monoisotopic (exact) mass is 567 g/mol. The van der Waals surface area contributed by atoms with Crippen molar-refractivity contribution in [3.8, 4) is 22.9 Å². The summed E-state index contributed by atoms with van der Waals surface area (Å²) in [6, 6.07) is 21.1. The molecule has 4 rings (SSSR count). The number of aryl methyl sites for hydroxylation is 1. The number of hydrogen-bond donors (Lipinski definition) is 3. The number of hydrogen-bond acceptors (Lipinski definition) is 6. The van der Waals surface area contributed by atoms with E-state index in [1.807, 2.05) is 80.6 Å². The fourth-order valence-corrected chi connectivity index (χ4v) is 4.29. The van der Waals surface area contributed by atoms with E-state index in [-0.39, 0.29) is 12.5 Å². The molecule has 4 aromatic rings. The van der Waals surface area contributed by atoms with Crippen molar-refractivity contribution in [3.05, 3.63) is 87.1 Å². The largest absolute Gasteiger partial charge is 0.490 e. The maximum atomic E-state index is 12.4. The summed E-state index contributed by atoms with van der Waals surface area (Å²) in [6.07, 6.45) is 0. The Bertz CT molecular complexity index is 1390. The number of benzene rings is 3. The zero-order valence-electron chi connectivity index (χ0n) is 19.9. The highest BCUT2D eigenvalue weighted by Crippen LogP contribution is 2.37. The molecule has 0 spiro atoms. The first-order valence-corrected chi connectivity index (χ1v) is 12.6. The van der Waals surface area contributed by atoms with Gasteiger partial charge in [0.2, 0.25) is 4.77 Å². The Morgan fingerprint density at radius 3 is 2.58 bits per heavy atom. The van der Waals surface area contributed by atoms with Gasteiger partial charge in [0.15, 0.2) is 23.9 Å². The van der Waals surface area contributed by atoms with Gasteiger partial charge in [0.25, 0.3) is 5.91 Å². The van der Waals surface area contributed by atoms with Crippen molar-refractivity contribution >= 4 is 39.7 Å². The number of carbonyl (C=O) groups excluding carboxylic acids is 1. The summed E-state index contributed by atoms with van der Waals surface area (Å²) in [6.45, 7) is 4.62. The molecule has 10 heteroatoms. The summed E-state index contributed by atoms with van der Waals surface area (Å²) in [5, 5.41) is 10.0. The number of rotatable bonds is 10. The average molecular weight is 568 g/mol. The SMILES string of the molecule is CCOc1cc(CNn2c(-c3ccccc3)n[nH]c2=S)cc(Br)c1OCC(=O)Nc1ccc(C)cc1. The van der Waals surface area contributed by atoms with Crippen LogP contribution in [0.5, 0.6) is 11.5 Å². The topological polar surface area (TPSA) is 93.2 Å². The summed E-state index contributed by atoms with van der Waals surface area (Å²) in [4.78, 5) is 12.4. The fourth-order valence-electron chi connectivity index (χ4n) is 3.49. The number of anilines is 1. The number of ether oxygens (including phenoxy) is 2. The molecule has 0 radical (unpaired) electrons. The first-order valence-electron chi connectivity index (χ1n) is 11.4. The van der Waals surface area contributed by atoms with Crippen molar-refractivity contribution in [2.45, 2.75) is 20.4 Å². The van der Waals surface area contributed by atoms with Gasteiger partial charge in [0.05, 0.1) is 17.6 Å². The van der Waals surface area contributed by atoms with Crippen LogP contribution in [-0.4, -0.2) is 34.0 Å². The van der Waals surface area contributed by atoms with Gasteiger partial charge in [-0.1, -0.05) is 48.0 Å². The van der Waals surface area contributed by atoms with Crippen LogP contribution in [0.2, 0.25) is 0 Å². The summed E-state index contributed by atoms with van der Waals surface area (Å²) in [7, 11) is 0. The predicted molar refractivity (Wildman–Crippen MR) is 147 cm³/mol. The van der Waals surface area contributed by atoms with Crippen molar-refractivity contribution in [1.82, 2.24) is 14.9 Å². The van der Waals surface area contributed by atoms with Crippen LogP contribution in [0, 0.1) is 11.7 Å². The molecule has 36 heavy (non-hydrogen) atoms. The Kier molecular flexibility index (Phi) is 8.40. The lowest BCUT2D eigenvalue weighted by molar-refractivity contribution is -0.118. The smallest absolute Gasteiger partial charge is 0.262 e. The molecule has 1 aromatic heterocycles.